The van der Waals surface area contributed by atoms with Crippen molar-refractivity contribution in [1.82, 2.24) is 15.3 Å². The lowest BCUT2D eigenvalue weighted by atomic mass is 10.2. The van der Waals surface area contributed by atoms with Gasteiger partial charge in [-0.25, -0.2) is 4.98 Å². The second-order valence-corrected chi connectivity index (χ2v) is 7.64. The molecule has 0 saturated heterocycles. The third kappa shape index (κ3) is 3.67. The number of ether oxygens (including phenoxy) is 2. The highest BCUT2D eigenvalue weighted by Gasteiger charge is 2.21. The van der Waals surface area contributed by atoms with E-state index >= 15 is 0 Å². The van der Waals surface area contributed by atoms with E-state index in [2.05, 4.69) is 20.6 Å². The van der Waals surface area contributed by atoms with Gasteiger partial charge in [-0.2, -0.15) is 0 Å². The van der Waals surface area contributed by atoms with E-state index in [9.17, 15) is 9.59 Å². The Bertz CT molecular complexity index is 1170. The molecule has 3 N–H and O–H groups in total. The molecule has 8 nitrogen and oxygen atoms in total. The molecule has 4 aromatic rings. The van der Waals surface area contributed by atoms with Crippen molar-refractivity contribution < 1.29 is 19.1 Å². The highest BCUT2D eigenvalue weighted by Crippen LogP contribution is 2.33. The number of benzene rings is 2. The highest BCUT2D eigenvalue weighted by molar-refractivity contribution is 7.22. The Morgan fingerprint density at radius 2 is 1.83 bits per heavy atom. The second-order valence-electron chi connectivity index (χ2n) is 6.61. The average molecular weight is 424 g/mol. The molecule has 2 amide bonds. The van der Waals surface area contributed by atoms with Crippen molar-refractivity contribution in [1.29, 1.82) is 0 Å². The van der Waals surface area contributed by atoms with Crippen molar-refractivity contribution in [2.75, 3.05) is 19.5 Å². The van der Waals surface area contributed by atoms with Gasteiger partial charge >= 0.3 is 0 Å². The van der Waals surface area contributed by atoms with E-state index in [0.717, 1.165) is 10.2 Å². The Balaban J connectivity index is 1.49. The van der Waals surface area contributed by atoms with Crippen molar-refractivity contribution >= 4 is 49.4 Å². The molecule has 2 heterocycles. The van der Waals surface area contributed by atoms with Gasteiger partial charge < -0.3 is 25.1 Å². The standard InChI is InChI=1S/C21H20N4O4S/c1-11(19(26)25-21-24-13-6-4-5-7-17(13)30-21)22-20(27)14-10-12-15(28-2)8-9-16(29-3)18(12)23-14/h4-11,23H,1-3H3,(H,22,27)(H,24,25,26)/t11-/m1/s1. The maximum atomic E-state index is 12.7. The molecular weight excluding hydrogens is 404 g/mol. The van der Waals surface area contributed by atoms with Crippen LogP contribution in [-0.4, -0.2) is 42.0 Å². The number of methoxy groups -OCH3 is 2. The van der Waals surface area contributed by atoms with Gasteiger partial charge in [-0.05, 0) is 37.3 Å². The molecule has 0 aliphatic carbocycles. The van der Waals surface area contributed by atoms with Gasteiger partial charge in [0, 0.05) is 5.39 Å². The molecule has 0 spiro atoms. The number of aromatic amines is 1. The quantitative estimate of drug-likeness (QED) is 0.439. The summed E-state index contributed by atoms with van der Waals surface area (Å²) in [5.41, 5.74) is 1.76. The number of fused-ring (bicyclic) bond motifs is 2. The van der Waals surface area contributed by atoms with Gasteiger partial charge in [0.25, 0.3) is 5.91 Å². The van der Waals surface area contributed by atoms with Crippen molar-refractivity contribution in [3.05, 3.63) is 48.2 Å². The zero-order valence-corrected chi connectivity index (χ0v) is 17.4. The van der Waals surface area contributed by atoms with Crippen LogP contribution in [0.15, 0.2) is 42.5 Å². The first kappa shape index (κ1) is 19.7. The molecule has 0 saturated carbocycles. The molecule has 1 atom stereocenters. The minimum Gasteiger partial charge on any atom is -0.496 e. The summed E-state index contributed by atoms with van der Waals surface area (Å²) < 4.78 is 11.7. The SMILES string of the molecule is COc1ccc(OC)c2[nH]c(C(=O)N[C@H](C)C(=O)Nc3nc4ccccc4s3)cc12. The predicted molar refractivity (Wildman–Crippen MR) is 117 cm³/mol. The van der Waals surface area contributed by atoms with Crippen LogP contribution in [0, 0.1) is 0 Å². The molecular formula is C21H20N4O4S. The molecule has 0 radical (unpaired) electrons. The fourth-order valence-electron chi connectivity index (χ4n) is 3.12. The van der Waals surface area contributed by atoms with Crippen LogP contribution in [0.2, 0.25) is 0 Å². The summed E-state index contributed by atoms with van der Waals surface area (Å²) in [6, 6.07) is 12.1. The first-order valence-electron chi connectivity index (χ1n) is 9.21. The lowest BCUT2D eigenvalue weighted by molar-refractivity contribution is -0.117. The molecule has 4 rings (SSSR count). The fourth-order valence-corrected chi connectivity index (χ4v) is 3.99. The zero-order chi connectivity index (χ0) is 21.3. The van der Waals surface area contributed by atoms with E-state index in [1.807, 2.05) is 24.3 Å². The van der Waals surface area contributed by atoms with Crippen LogP contribution < -0.4 is 20.1 Å². The van der Waals surface area contributed by atoms with Gasteiger partial charge in [-0.1, -0.05) is 23.5 Å². The van der Waals surface area contributed by atoms with Crippen LogP contribution in [0.4, 0.5) is 5.13 Å². The molecule has 0 bridgehead atoms. The summed E-state index contributed by atoms with van der Waals surface area (Å²) >= 11 is 1.38. The molecule has 0 aliphatic rings. The van der Waals surface area contributed by atoms with E-state index in [1.54, 1.807) is 39.3 Å². The number of para-hydroxylation sites is 1. The smallest absolute Gasteiger partial charge is 0.268 e. The number of thiazole rings is 1. The number of hydrogen-bond acceptors (Lipinski definition) is 6. The van der Waals surface area contributed by atoms with E-state index < -0.39 is 11.9 Å². The van der Waals surface area contributed by atoms with Crippen LogP contribution in [-0.2, 0) is 4.79 Å². The van der Waals surface area contributed by atoms with E-state index in [1.165, 1.54) is 11.3 Å². The zero-order valence-electron chi connectivity index (χ0n) is 16.6. The Kier molecular flexibility index (Phi) is 5.28. The van der Waals surface area contributed by atoms with Crippen LogP contribution in [0.5, 0.6) is 11.5 Å². The minimum absolute atomic E-state index is 0.299. The largest absolute Gasteiger partial charge is 0.496 e. The number of rotatable bonds is 6. The summed E-state index contributed by atoms with van der Waals surface area (Å²) in [5, 5.41) is 6.66. The maximum absolute atomic E-state index is 12.7. The van der Waals surface area contributed by atoms with Gasteiger partial charge in [-0.3, -0.25) is 9.59 Å². The lowest BCUT2D eigenvalue weighted by Crippen LogP contribution is -2.41. The third-order valence-corrected chi connectivity index (χ3v) is 5.62. The van der Waals surface area contributed by atoms with Gasteiger partial charge in [0.05, 0.1) is 30.0 Å². The average Bonchev–Trinajstić information content (AvgIpc) is 3.36. The normalized spacial score (nSPS) is 12.0. The number of anilines is 1. The fraction of sp³-hybridized carbons (Fsp3) is 0.190. The molecule has 2 aromatic carbocycles. The molecule has 154 valence electrons. The van der Waals surface area contributed by atoms with Crippen LogP contribution in [0.1, 0.15) is 17.4 Å². The number of aromatic nitrogens is 2. The Labute approximate surface area is 176 Å². The summed E-state index contributed by atoms with van der Waals surface area (Å²) in [4.78, 5) is 32.6. The molecule has 9 heteroatoms. The van der Waals surface area contributed by atoms with Gasteiger partial charge in [0.2, 0.25) is 5.91 Å². The number of hydrogen-bond donors (Lipinski definition) is 3. The lowest BCUT2D eigenvalue weighted by Gasteiger charge is -2.12. The van der Waals surface area contributed by atoms with Crippen molar-refractivity contribution in [2.24, 2.45) is 0 Å². The number of nitrogens with zero attached hydrogens (tertiary/aromatic N) is 1. The van der Waals surface area contributed by atoms with Crippen LogP contribution in [0.25, 0.3) is 21.1 Å². The first-order valence-corrected chi connectivity index (χ1v) is 10.0. The molecule has 0 unspecified atom stereocenters. The topological polar surface area (TPSA) is 105 Å². The summed E-state index contributed by atoms with van der Waals surface area (Å²) in [6.45, 7) is 1.62. The number of H-pyrrole nitrogens is 1. The Hall–Kier alpha value is -3.59. The van der Waals surface area contributed by atoms with Gasteiger partial charge in [0.15, 0.2) is 5.13 Å². The first-order chi connectivity index (χ1) is 14.5. The van der Waals surface area contributed by atoms with Crippen molar-refractivity contribution in [3.8, 4) is 11.5 Å². The number of carbonyl (C=O) groups is 2. The molecule has 30 heavy (non-hydrogen) atoms. The number of nitrogens with one attached hydrogen (secondary N) is 3. The van der Waals surface area contributed by atoms with E-state index in [4.69, 9.17) is 9.47 Å². The van der Waals surface area contributed by atoms with E-state index in [-0.39, 0.29) is 5.91 Å². The summed E-state index contributed by atoms with van der Waals surface area (Å²) in [7, 11) is 3.11. The van der Waals surface area contributed by atoms with Crippen molar-refractivity contribution in [2.45, 2.75) is 13.0 Å². The van der Waals surface area contributed by atoms with Gasteiger partial charge in [-0.15, -0.1) is 0 Å². The van der Waals surface area contributed by atoms with Crippen molar-refractivity contribution in [3.63, 3.8) is 0 Å². The highest BCUT2D eigenvalue weighted by atomic mass is 32.1. The van der Waals surface area contributed by atoms with Crippen LogP contribution in [0.3, 0.4) is 0 Å². The maximum Gasteiger partial charge on any atom is 0.268 e. The summed E-state index contributed by atoms with van der Waals surface area (Å²) in [5.74, 6) is 0.435. The molecule has 0 aliphatic heterocycles. The third-order valence-electron chi connectivity index (χ3n) is 4.66. The minimum atomic E-state index is -0.764. The van der Waals surface area contributed by atoms with Crippen LogP contribution >= 0.6 is 11.3 Å². The Morgan fingerprint density at radius 3 is 2.57 bits per heavy atom. The van der Waals surface area contributed by atoms with E-state index in [0.29, 0.717) is 33.2 Å². The second kappa shape index (κ2) is 8.03. The van der Waals surface area contributed by atoms with Gasteiger partial charge in [0.1, 0.15) is 23.2 Å². The Morgan fingerprint density at radius 1 is 1.10 bits per heavy atom. The number of amides is 2. The molecule has 2 aromatic heterocycles. The molecule has 0 fully saturated rings. The monoisotopic (exact) mass is 424 g/mol. The summed E-state index contributed by atoms with van der Waals surface area (Å²) in [6.07, 6.45) is 0. The predicted octanol–water partition coefficient (Wildman–Crippen LogP) is 3.55. The number of carbonyl (C=O) groups excluding carboxylic acids is 2.